The molecule has 0 aliphatic heterocycles. The Bertz CT molecular complexity index is 549. The van der Waals surface area contributed by atoms with E-state index in [0.717, 1.165) is 17.7 Å². The monoisotopic (exact) mass is 311 g/mol. The fourth-order valence-corrected chi connectivity index (χ4v) is 2.88. The van der Waals surface area contributed by atoms with E-state index in [2.05, 4.69) is 5.32 Å². The summed E-state index contributed by atoms with van der Waals surface area (Å²) in [6.07, 6.45) is 0.706. The van der Waals surface area contributed by atoms with Gasteiger partial charge in [-0.3, -0.25) is 0 Å². The second kappa shape index (κ2) is 7.07. The summed E-state index contributed by atoms with van der Waals surface area (Å²) in [5.41, 5.74) is 1.93. The van der Waals surface area contributed by atoms with Crippen LogP contribution in [0.2, 0.25) is 10.0 Å². The summed E-state index contributed by atoms with van der Waals surface area (Å²) in [5.74, 6) is -0.232. The smallest absolute Gasteiger partial charge is 0.123 e. The SMILES string of the molecule is CCNC(Cc1ccc(F)cc1)c1c(Cl)cccc1Cl. The van der Waals surface area contributed by atoms with Crippen LogP contribution in [0.5, 0.6) is 0 Å². The van der Waals surface area contributed by atoms with Crippen LogP contribution >= 0.6 is 23.2 Å². The lowest BCUT2D eigenvalue weighted by molar-refractivity contribution is 0.549. The van der Waals surface area contributed by atoms with Gasteiger partial charge in [-0.05, 0) is 42.8 Å². The largest absolute Gasteiger partial charge is 0.310 e. The quantitative estimate of drug-likeness (QED) is 0.817. The van der Waals surface area contributed by atoms with Crippen molar-refractivity contribution in [2.24, 2.45) is 0 Å². The molecule has 1 N–H and O–H groups in total. The Morgan fingerprint density at radius 1 is 1.05 bits per heavy atom. The first-order valence-corrected chi connectivity index (χ1v) is 7.29. The lowest BCUT2D eigenvalue weighted by Gasteiger charge is -2.21. The highest BCUT2D eigenvalue weighted by molar-refractivity contribution is 6.36. The molecule has 106 valence electrons. The molecule has 0 bridgehead atoms. The highest BCUT2D eigenvalue weighted by Crippen LogP contribution is 2.32. The maximum Gasteiger partial charge on any atom is 0.123 e. The number of hydrogen-bond donors (Lipinski definition) is 1. The van der Waals surface area contributed by atoms with Crippen molar-refractivity contribution in [1.82, 2.24) is 5.32 Å². The molecular weight excluding hydrogens is 296 g/mol. The predicted molar refractivity (Wildman–Crippen MR) is 83.0 cm³/mol. The van der Waals surface area contributed by atoms with Gasteiger partial charge in [0.05, 0.1) is 0 Å². The second-order valence-electron chi connectivity index (χ2n) is 4.58. The first kappa shape index (κ1) is 15.3. The third kappa shape index (κ3) is 3.72. The van der Waals surface area contributed by atoms with Gasteiger partial charge in [0, 0.05) is 21.7 Å². The maximum atomic E-state index is 13.0. The third-order valence-corrected chi connectivity index (χ3v) is 3.81. The first-order chi connectivity index (χ1) is 9.61. The van der Waals surface area contributed by atoms with Crippen molar-refractivity contribution in [1.29, 1.82) is 0 Å². The van der Waals surface area contributed by atoms with Crippen molar-refractivity contribution in [2.45, 2.75) is 19.4 Å². The molecule has 0 amide bonds. The van der Waals surface area contributed by atoms with E-state index in [1.54, 1.807) is 12.1 Å². The van der Waals surface area contributed by atoms with E-state index in [1.807, 2.05) is 25.1 Å². The van der Waals surface area contributed by atoms with Crippen molar-refractivity contribution in [3.05, 3.63) is 69.5 Å². The molecule has 2 aromatic carbocycles. The highest BCUT2D eigenvalue weighted by Gasteiger charge is 2.17. The molecule has 0 spiro atoms. The molecule has 1 atom stereocenters. The van der Waals surface area contributed by atoms with Gasteiger partial charge < -0.3 is 5.32 Å². The van der Waals surface area contributed by atoms with Gasteiger partial charge in [0.25, 0.3) is 0 Å². The number of nitrogens with one attached hydrogen (secondary N) is 1. The standard InChI is InChI=1S/C16H16Cl2FN/c1-2-20-15(10-11-6-8-12(19)9-7-11)16-13(17)4-3-5-14(16)18/h3-9,15,20H,2,10H2,1H3. The van der Waals surface area contributed by atoms with Gasteiger partial charge in [0.15, 0.2) is 0 Å². The van der Waals surface area contributed by atoms with Crippen molar-refractivity contribution >= 4 is 23.2 Å². The van der Waals surface area contributed by atoms with Crippen LogP contribution in [0.4, 0.5) is 4.39 Å². The molecule has 0 aromatic heterocycles. The Kier molecular flexibility index (Phi) is 5.41. The zero-order valence-electron chi connectivity index (χ0n) is 11.2. The zero-order valence-corrected chi connectivity index (χ0v) is 12.7. The molecule has 4 heteroatoms. The fourth-order valence-electron chi connectivity index (χ4n) is 2.22. The molecule has 0 aliphatic carbocycles. The number of halogens is 3. The Balaban J connectivity index is 2.29. The number of benzene rings is 2. The molecule has 0 heterocycles. The summed E-state index contributed by atoms with van der Waals surface area (Å²) < 4.78 is 13.0. The van der Waals surface area contributed by atoms with Crippen LogP contribution in [-0.2, 0) is 6.42 Å². The number of rotatable bonds is 5. The average Bonchev–Trinajstić information content (AvgIpc) is 2.41. The zero-order chi connectivity index (χ0) is 14.5. The molecule has 0 fully saturated rings. The summed E-state index contributed by atoms with van der Waals surface area (Å²) in [4.78, 5) is 0. The topological polar surface area (TPSA) is 12.0 Å². The van der Waals surface area contributed by atoms with E-state index in [0.29, 0.717) is 16.5 Å². The molecular formula is C16H16Cl2FN. The molecule has 0 aliphatic rings. The van der Waals surface area contributed by atoms with Gasteiger partial charge in [-0.15, -0.1) is 0 Å². The van der Waals surface area contributed by atoms with E-state index in [1.165, 1.54) is 12.1 Å². The summed E-state index contributed by atoms with van der Waals surface area (Å²) >= 11 is 12.5. The predicted octanol–water partition coefficient (Wildman–Crippen LogP) is 5.03. The Labute approximate surface area is 128 Å². The molecule has 2 rings (SSSR count). The van der Waals surface area contributed by atoms with Gasteiger partial charge in [-0.25, -0.2) is 4.39 Å². The van der Waals surface area contributed by atoms with E-state index >= 15 is 0 Å². The van der Waals surface area contributed by atoms with Crippen LogP contribution in [0.25, 0.3) is 0 Å². The molecule has 1 unspecified atom stereocenters. The molecule has 2 aromatic rings. The van der Waals surface area contributed by atoms with Gasteiger partial charge in [-0.1, -0.05) is 48.3 Å². The summed E-state index contributed by atoms with van der Waals surface area (Å²) in [6, 6.07) is 12.0. The molecule has 0 saturated heterocycles. The normalized spacial score (nSPS) is 12.4. The van der Waals surface area contributed by atoms with Crippen molar-refractivity contribution in [3.8, 4) is 0 Å². The average molecular weight is 312 g/mol. The van der Waals surface area contributed by atoms with Crippen LogP contribution in [0.3, 0.4) is 0 Å². The van der Waals surface area contributed by atoms with Crippen molar-refractivity contribution < 1.29 is 4.39 Å². The minimum atomic E-state index is -0.232. The minimum Gasteiger partial charge on any atom is -0.310 e. The van der Waals surface area contributed by atoms with E-state index in [9.17, 15) is 4.39 Å². The van der Waals surface area contributed by atoms with Gasteiger partial charge in [-0.2, -0.15) is 0 Å². The van der Waals surface area contributed by atoms with E-state index in [4.69, 9.17) is 23.2 Å². The van der Waals surface area contributed by atoms with Crippen LogP contribution in [0.1, 0.15) is 24.1 Å². The minimum absolute atomic E-state index is 0.00617. The van der Waals surface area contributed by atoms with Crippen molar-refractivity contribution in [2.75, 3.05) is 6.54 Å². The summed E-state index contributed by atoms with van der Waals surface area (Å²) in [6.45, 7) is 2.83. The van der Waals surface area contributed by atoms with Gasteiger partial charge in [0.2, 0.25) is 0 Å². The van der Waals surface area contributed by atoms with E-state index in [-0.39, 0.29) is 11.9 Å². The molecule has 1 nitrogen and oxygen atoms in total. The van der Waals surface area contributed by atoms with Gasteiger partial charge >= 0.3 is 0 Å². The Hall–Kier alpha value is -1.09. The number of likely N-dealkylation sites (N-methyl/N-ethyl adjacent to an activating group) is 1. The van der Waals surface area contributed by atoms with Crippen molar-refractivity contribution in [3.63, 3.8) is 0 Å². The van der Waals surface area contributed by atoms with E-state index < -0.39 is 0 Å². The maximum absolute atomic E-state index is 13.0. The highest BCUT2D eigenvalue weighted by atomic mass is 35.5. The number of hydrogen-bond acceptors (Lipinski definition) is 1. The van der Waals surface area contributed by atoms with Crippen LogP contribution < -0.4 is 5.32 Å². The summed E-state index contributed by atoms with van der Waals surface area (Å²) in [7, 11) is 0. The fraction of sp³-hybridized carbons (Fsp3) is 0.250. The lowest BCUT2D eigenvalue weighted by atomic mass is 9.98. The Morgan fingerprint density at radius 2 is 1.65 bits per heavy atom. The molecule has 0 radical (unpaired) electrons. The van der Waals surface area contributed by atoms with Crippen LogP contribution in [-0.4, -0.2) is 6.54 Å². The second-order valence-corrected chi connectivity index (χ2v) is 5.39. The van der Waals surface area contributed by atoms with Crippen LogP contribution in [0, 0.1) is 5.82 Å². The lowest BCUT2D eigenvalue weighted by Crippen LogP contribution is -2.23. The van der Waals surface area contributed by atoms with Crippen LogP contribution in [0.15, 0.2) is 42.5 Å². The van der Waals surface area contributed by atoms with Gasteiger partial charge in [0.1, 0.15) is 5.82 Å². The molecule has 20 heavy (non-hydrogen) atoms. The Morgan fingerprint density at radius 3 is 2.20 bits per heavy atom. The summed E-state index contributed by atoms with van der Waals surface area (Å²) in [5, 5.41) is 4.67. The molecule has 0 saturated carbocycles. The third-order valence-electron chi connectivity index (χ3n) is 3.15. The first-order valence-electron chi connectivity index (χ1n) is 6.53.